The predicted molar refractivity (Wildman–Crippen MR) is 49.0 cm³/mol. The number of carbonyl (C=O) groups is 1. The zero-order chi connectivity index (χ0) is 9.26. The van der Waals surface area contributed by atoms with Crippen molar-refractivity contribution in [1.82, 2.24) is 0 Å². The van der Waals surface area contributed by atoms with Crippen LogP contribution in [0, 0.1) is 0 Å². The third kappa shape index (κ3) is 1.49. The first-order chi connectivity index (χ1) is 6.31. The number of fused-ring (bicyclic) bond motifs is 1. The minimum absolute atomic E-state index is 0.267. The fourth-order valence-electron chi connectivity index (χ4n) is 1.20. The Morgan fingerprint density at radius 2 is 2.38 bits per heavy atom. The molecule has 0 atom stereocenters. The van der Waals surface area contributed by atoms with E-state index in [0.717, 1.165) is 28.0 Å². The molecular formula is C9H8O3S. The highest BCUT2D eigenvalue weighted by Crippen LogP contribution is 2.37. The summed E-state index contributed by atoms with van der Waals surface area (Å²) in [4.78, 5) is 11.9. The molecule has 0 unspecified atom stereocenters. The van der Waals surface area contributed by atoms with Crippen LogP contribution in [0.4, 0.5) is 4.79 Å². The topological polar surface area (TPSA) is 35.5 Å². The molecular weight excluding hydrogens is 188 g/mol. The number of benzene rings is 1. The molecule has 1 aromatic rings. The summed E-state index contributed by atoms with van der Waals surface area (Å²) in [6.07, 6.45) is 0. The molecule has 1 heterocycles. The molecule has 4 heteroatoms. The molecule has 0 amide bonds. The van der Waals surface area contributed by atoms with Crippen molar-refractivity contribution in [2.24, 2.45) is 0 Å². The molecule has 0 saturated carbocycles. The lowest BCUT2D eigenvalue weighted by Crippen LogP contribution is -2.07. The summed E-state index contributed by atoms with van der Waals surface area (Å²) in [6.45, 7) is 0.346. The summed E-state index contributed by atoms with van der Waals surface area (Å²) in [5.41, 5.74) is 1.00. The van der Waals surface area contributed by atoms with Crippen molar-refractivity contribution >= 4 is 17.1 Å². The molecule has 0 bridgehead atoms. The summed E-state index contributed by atoms with van der Waals surface area (Å²) in [6, 6.07) is 5.65. The Morgan fingerprint density at radius 1 is 1.54 bits per heavy atom. The highest BCUT2D eigenvalue weighted by molar-refractivity contribution is 8.13. The number of rotatable bonds is 1. The zero-order valence-electron chi connectivity index (χ0n) is 7.07. The normalized spacial score (nSPS) is 14.7. The van der Waals surface area contributed by atoms with Gasteiger partial charge in [-0.15, -0.1) is 0 Å². The van der Waals surface area contributed by atoms with Crippen molar-refractivity contribution < 1.29 is 14.3 Å². The van der Waals surface area contributed by atoms with Crippen molar-refractivity contribution in [2.75, 3.05) is 7.11 Å². The summed E-state index contributed by atoms with van der Waals surface area (Å²) in [5, 5.41) is -0.267. The molecule has 1 aliphatic heterocycles. The number of hydrogen-bond acceptors (Lipinski definition) is 4. The van der Waals surface area contributed by atoms with E-state index in [9.17, 15) is 4.79 Å². The second-order valence-electron chi connectivity index (χ2n) is 2.59. The Morgan fingerprint density at radius 3 is 3.15 bits per heavy atom. The number of carbonyl (C=O) groups excluding carboxylic acids is 1. The minimum Gasteiger partial charge on any atom is -0.496 e. The van der Waals surface area contributed by atoms with Gasteiger partial charge >= 0.3 is 5.30 Å². The van der Waals surface area contributed by atoms with Gasteiger partial charge < -0.3 is 9.47 Å². The zero-order valence-corrected chi connectivity index (χ0v) is 7.89. The summed E-state index contributed by atoms with van der Waals surface area (Å²) >= 11 is 1.08. The number of thioether (sulfide) groups is 1. The summed E-state index contributed by atoms with van der Waals surface area (Å²) in [5.74, 6) is 0.735. The van der Waals surface area contributed by atoms with Crippen LogP contribution in [0.1, 0.15) is 5.56 Å². The van der Waals surface area contributed by atoms with Gasteiger partial charge in [0.25, 0.3) is 0 Å². The van der Waals surface area contributed by atoms with E-state index in [2.05, 4.69) is 0 Å². The molecule has 3 nitrogen and oxygen atoms in total. The van der Waals surface area contributed by atoms with Gasteiger partial charge in [-0.05, 0) is 17.8 Å². The van der Waals surface area contributed by atoms with Gasteiger partial charge in [0.05, 0.1) is 12.0 Å². The molecule has 0 spiro atoms. The van der Waals surface area contributed by atoms with Gasteiger partial charge in [0.1, 0.15) is 12.4 Å². The van der Waals surface area contributed by atoms with Crippen molar-refractivity contribution in [1.29, 1.82) is 0 Å². The summed E-state index contributed by atoms with van der Waals surface area (Å²) < 4.78 is 10.0. The highest BCUT2D eigenvalue weighted by atomic mass is 32.2. The Balaban J connectivity index is 2.46. The fourth-order valence-corrected chi connectivity index (χ4v) is 2.00. The molecule has 0 saturated heterocycles. The van der Waals surface area contributed by atoms with E-state index in [1.54, 1.807) is 7.11 Å². The molecule has 1 aliphatic rings. The first-order valence-corrected chi connectivity index (χ1v) is 4.63. The Hall–Kier alpha value is -1.16. The average molecular weight is 196 g/mol. The van der Waals surface area contributed by atoms with Gasteiger partial charge in [-0.3, -0.25) is 0 Å². The maximum atomic E-state index is 11.0. The molecule has 0 radical (unpaired) electrons. The SMILES string of the molecule is COc1cccc2c1SC(=O)OC2. The van der Waals surface area contributed by atoms with E-state index in [1.807, 2.05) is 18.2 Å². The quantitative estimate of drug-likeness (QED) is 0.646. The number of cyclic esters (lactones) is 1. The van der Waals surface area contributed by atoms with Crippen LogP contribution in [0.15, 0.2) is 23.1 Å². The smallest absolute Gasteiger partial charge is 0.372 e. The predicted octanol–water partition coefficient (Wildman–Crippen LogP) is 2.44. The second-order valence-corrected chi connectivity index (χ2v) is 3.53. The van der Waals surface area contributed by atoms with Crippen LogP contribution in [0.2, 0.25) is 0 Å². The molecule has 0 aromatic heterocycles. The lowest BCUT2D eigenvalue weighted by Gasteiger charge is -2.16. The summed E-state index contributed by atoms with van der Waals surface area (Å²) in [7, 11) is 1.59. The largest absolute Gasteiger partial charge is 0.496 e. The van der Waals surface area contributed by atoms with Crippen molar-refractivity contribution in [3.8, 4) is 5.75 Å². The number of methoxy groups -OCH3 is 1. The van der Waals surface area contributed by atoms with Crippen LogP contribution in [0.3, 0.4) is 0 Å². The lowest BCUT2D eigenvalue weighted by molar-refractivity contribution is 0.165. The Bertz CT molecular complexity index is 334. The van der Waals surface area contributed by atoms with Gasteiger partial charge in [-0.2, -0.15) is 0 Å². The molecule has 0 aliphatic carbocycles. The maximum absolute atomic E-state index is 11.0. The average Bonchev–Trinajstić information content (AvgIpc) is 2.17. The number of hydrogen-bond donors (Lipinski definition) is 0. The van der Waals surface area contributed by atoms with Crippen LogP contribution in [-0.4, -0.2) is 12.4 Å². The van der Waals surface area contributed by atoms with Gasteiger partial charge in [0, 0.05) is 5.56 Å². The molecule has 2 rings (SSSR count). The van der Waals surface area contributed by atoms with E-state index in [0.29, 0.717) is 6.61 Å². The minimum atomic E-state index is -0.267. The monoisotopic (exact) mass is 196 g/mol. The van der Waals surface area contributed by atoms with Crippen LogP contribution in [0.5, 0.6) is 5.75 Å². The van der Waals surface area contributed by atoms with E-state index < -0.39 is 0 Å². The fraction of sp³-hybridized carbons (Fsp3) is 0.222. The van der Waals surface area contributed by atoms with Crippen LogP contribution < -0.4 is 4.74 Å². The van der Waals surface area contributed by atoms with Gasteiger partial charge in [-0.25, -0.2) is 4.79 Å². The van der Waals surface area contributed by atoms with Gasteiger partial charge in [-0.1, -0.05) is 12.1 Å². The number of ether oxygens (including phenoxy) is 2. The Kier molecular flexibility index (Phi) is 2.14. The van der Waals surface area contributed by atoms with E-state index in [1.165, 1.54) is 0 Å². The lowest BCUT2D eigenvalue weighted by atomic mass is 10.2. The van der Waals surface area contributed by atoms with Crippen molar-refractivity contribution in [3.63, 3.8) is 0 Å². The molecule has 1 aromatic carbocycles. The molecule has 13 heavy (non-hydrogen) atoms. The van der Waals surface area contributed by atoms with Crippen LogP contribution in [0.25, 0.3) is 0 Å². The van der Waals surface area contributed by atoms with Crippen molar-refractivity contribution in [3.05, 3.63) is 23.8 Å². The first kappa shape index (κ1) is 8.44. The van der Waals surface area contributed by atoms with Gasteiger partial charge in [0.2, 0.25) is 0 Å². The third-order valence-corrected chi connectivity index (χ3v) is 2.76. The standard InChI is InChI=1S/C9H8O3S/c1-11-7-4-2-3-6-5-12-9(10)13-8(6)7/h2-4H,5H2,1H3. The highest BCUT2D eigenvalue weighted by Gasteiger charge is 2.20. The Labute approximate surface area is 80.0 Å². The van der Waals surface area contributed by atoms with Gasteiger partial charge in [0.15, 0.2) is 0 Å². The van der Waals surface area contributed by atoms with E-state index in [4.69, 9.17) is 9.47 Å². The molecule has 68 valence electrons. The van der Waals surface area contributed by atoms with Crippen LogP contribution in [-0.2, 0) is 11.3 Å². The van der Waals surface area contributed by atoms with E-state index >= 15 is 0 Å². The maximum Gasteiger partial charge on any atom is 0.372 e. The first-order valence-electron chi connectivity index (χ1n) is 3.82. The second kappa shape index (κ2) is 3.30. The van der Waals surface area contributed by atoms with Crippen LogP contribution >= 0.6 is 11.8 Å². The molecule has 0 N–H and O–H groups in total. The van der Waals surface area contributed by atoms with Crippen molar-refractivity contribution in [2.45, 2.75) is 11.5 Å². The third-order valence-electron chi connectivity index (χ3n) is 1.81. The van der Waals surface area contributed by atoms with E-state index in [-0.39, 0.29) is 5.30 Å². The molecule has 0 fully saturated rings.